The molecule has 2 aliphatic rings. The van der Waals surface area contributed by atoms with Crippen LogP contribution in [0, 0.1) is 22.9 Å². The van der Waals surface area contributed by atoms with Gasteiger partial charge in [-0.05, 0) is 48.4 Å². The largest absolute Gasteiger partial charge is 0.300 e. The van der Waals surface area contributed by atoms with E-state index in [1.54, 1.807) is 31.2 Å². The smallest absolute Gasteiger partial charge is 0.270 e. The molecule has 0 spiro atoms. The summed E-state index contributed by atoms with van der Waals surface area (Å²) < 4.78 is 14.1. The molecule has 0 saturated carbocycles. The predicted molar refractivity (Wildman–Crippen MR) is 120 cm³/mol. The van der Waals surface area contributed by atoms with E-state index >= 15 is 0 Å². The SMILES string of the molecule is Cc1ccc(Cl)cc1N1C(=O)[C@@H](N2C(=O)c3ccc([N+](=O)[O-])cc3C2=O)[C@@H]1c1cccc(F)c1. The van der Waals surface area contributed by atoms with Crippen molar-refractivity contribution in [3.63, 3.8) is 0 Å². The summed E-state index contributed by atoms with van der Waals surface area (Å²) in [5.74, 6) is -2.65. The molecule has 1 saturated heterocycles. The number of non-ortho nitro benzene ring substituents is 1. The molecular formula is C24H15ClFN3O5. The summed E-state index contributed by atoms with van der Waals surface area (Å²) in [6, 6.07) is 11.7. The molecule has 0 unspecified atom stereocenters. The van der Waals surface area contributed by atoms with E-state index in [1.165, 1.54) is 29.2 Å². The summed E-state index contributed by atoms with van der Waals surface area (Å²) in [6.45, 7) is 1.77. The van der Waals surface area contributed by atoms with Gasteiger partial charge in [0.05, 0.1) is 22.1 Å². The number of nitro benzene ring substituents is 1. The Morgan fingerprint density at radius 3 is 2.35 bits per heavy atom. The van der Waals surface area contributed by atoms with Crippen molar-refractivity contribution in [1.29, 1.82) is 0 Å². The lowest BCUT2D eigenvalue weighted by atomic mass is 9.85. The summed E-state index contributed by atoms with van der Waals surface area (Å²) in [4.78, 5) is 52.4. The fraction of sp³-hybridized carbons (Fsp3) is 0.125. The number of anilines is 1. The van der Waals surface area contributed by atoms with Gasteiger partial charge in [0.2, 0.25) is 0 Å². The van der Waals surface area contributed by atoms with Gasteiger partial charge in [0.15, 0.2) is 0 Å². The van der Waals surface area contributed by atoms with Crippen molar-refractivity contribution < 1.29 is 23.7 Å². The van der Waals surface area contributed by atoms with Crippen LogP contribution in [0.2, 0.25) is 5.02 Å². The maximum atomic E-state index is 14.1. The van der Waals surface area contributed by atoms with Gasteiger partial charge in [0.1, 0.15) is 11.9 Å². The zero-order chi connectivity index (χ0) is 24.3. The number of aryl methyl sites for hydroxylation is 1. The third-order valence-electron chi connectivity index (χ3n) is 6.08. The Balaban J connectivity index is 1.61. The van der Waals surface area contributed by atoms with E-state index in [4.69, 9.17) is 11.6 Å². The van der Waals surface area contributed by atoms with Gasteiger partial charge < -0.3 is 4.90 Å². The number of hydrogen-bond acceptors (Lipinski definition) is 5. The molecule has 5 rings (SSSR count). The van der Waals surface area contributed by atoms with Crippen molar-refractivity contribution in [1.82, 2.24) is 4.90 Å². The number of hydrogen-bond donors (Lipinski definition) is 0. The van der Waals surface area contributed by atoms with Crippen LogP contribution in [-0.2, 0) is 4.79 Å². The van der Waals surface area contributed by atoms with Gasteiger partial charge in [-0.15, -0.1) is 0 Å². The number of carbonyl (C=O) groups excluding carboxylic acids is 3. The van der Waals surface area contributed by atoms with Gasteiger partial charge in [0.25, 0.3) is 23.4 Å². The molecule has 2 aliphatic heterocycles. The Hall–Kier alpha value is -4.11. The van der Waals surface area contributed by atoms with Crippen molar-refractivity contribution in [2.24, 2.45) is 0 Å². The zero-order valence-electron chi connectivity index (χ0n) is 17.6. The number of amides is 3. The molecular weight excluding hydrogens is 465 g/mol. The lowest BCUT2D eigenvalue weighted by Crippen LogP contribution is -2.67. The molecule has 0 aliphatic carbocycles. The lowest BCUT2D eigenvalue weighted by Gasteiger charge is -2.50. The lowest BCUT2D eigenvalue weighted by molar-refractivity contribution is -0.384. The number of fused-ring (bicyclic) bond motifs is 1. The highest BCUT2D eigenvalue weighted by Gasteiger charge is 2.57. The fourth-order valence-electron chi connectivity index (χ4n) is 4.47. The van der Waals surface area contributed by atoms with Crippen molar-refractivity contribution in [3.8, 4) is 0 Å². The third-order valence-corrected chi connectivity index (χ3v) is 6.31. The maximum Gasteiger partial charge on any atom is 0.270 e. The fourth-order valence-corrected chi connectivity index (χ4v) is 4.64. The second-order valence-corrected chi connectivity index (χ2v) is 8.49. The van der Waals surface area contributed by atoms with Crippen molar-refractivity contribution >= 4 is 40.7 Å². The molecule has 3 aromatic rings. The Labute approximate surface area is 197 Å². The minimum absolute atomic E-state index is 0.0289. The summed E-state index contributed by atoms with van der Waals surface area (Å²) in [5.41, 5.74) is 1.04. The molecule has 34 heavy (non-hydrogen) atoms. The molecule has 2 heterocycles. The Kier molecular flexibility index (Phi) is 4.94. The number of nitro groups is 1. The highest BCUT2D eigenvalue weighted by Crippen LogP contribution is 2.46. The molecule has 0 bridgehead atoms. The number of nitrogens with zero attached hydrogens (tertiary/aromatic N) is 3. The number of carbonyl (C=O) groups is 3. The van der Waals surface area contributed by atoms with Gasteiger partial charge in [-0.2, -0.15) is 0 Å². The van der Waals surface area contributed by atoms with Gasteiger partial charge in [-0.3, -0.25) is 29.4 Å². The topological polar surface area (TPSA) is 101 Å². The molecule has 0 radical (unpaired) electrons. The van der Waals surface area contributed by atoms with Crippen molar-refractivity contribution in [3.05, 3.63) is 104 Å². The first-order chi connectivity index (χ1) is 16.2. The van der Waals surface area contributed by atoms with E-state index in [1.807, 2.05) is 0 Å². The standard InChI is InChI=1S/C24H15ClFN3O5/c1-12-5-6-14(25)10-19(12)27-20(13-3-2-4-15(26)9-13)21(24(27)32)28-22(30)17-8-7-16(29(33)34)11-18(17)23(28)31/h2-11,20-21H,1H3/t20-,21-/m0/s1. The number of rotatable bonds is 4. The second kappa shape index (κ2) is 7.74. The Morgan fingerprint density at radius 1 is 0.912 bits per heavy atom. The van der Waals surface area contributed by atoms with E-state index in [-0.39, 0.29) is 16.8 Å². The van der Waals surface area contributed by atoms with E-state index in [2.05, 4.69) is 0 Å². The van der Waals surface area contributed by atoms with E-state index in [0.717, 1.165) is 22.6 Å². The second-order valence-electron chi connectivity index (χ2n) is 8.05. The summed E-state index contributed by atoms with van der Waals surface area (Å²) in [5, 5.41) is 11.5. The minimum Gasteiger partial charge on any atom is -0.300 e. The predicted octanol–water partition coefficient (Wildman–Crippen LogP) is 4.45. The van der Waals surface area contributed by atoms with Crippen LogP contribution in [0.1, 0.15) is 37.9 Å². The molecule has 0 aromatic heterocycles. The maximum absolute atomic E-state index is 14.1. The normalized spacial score (nSPS) is 19.3. The molecule has 8 nitrogen and oxygen atoms in total. The average Bonchev–Trinajstić information content (AvgIpc) is 3.04. The number of β-lactam (4-membered cyclic amide) rings is 1. The molecule has 0 N–H and O–H groups in total. The number of imide groups is 1. The molecule has 170 valence electrons. The molecule has 10 heteroatoms. The van der Waals surface area contributed by atoms with E-state index < -0.39 is 40.5 Å². The minimum atomic E-state index is -1.26. The van der Waals surface area contributed by atoms with Crippen LogP contribution >= 0.6 is 11.6 Å². The molecule has 3 aromatic carbocycles. The molecule has 3 amide bonds. The van der Waals surface area contributed by atoms with Crippen molar-refractivity contribution in [2.75, 3.05) is 4.90 Å². The Morgan fingerprint density at radius 2 is 1.65 bits per heavy atom. The van der Waals surface area contributed by atoms with Crippen LogP contribution in [0.3, 0.4) is 0 Å². The first-order valence-corrected chi connectivity index (χ1v) is 10.6. The quantitative estimate of drug-likeness (QED) is 0.238. The zero-order valence-corrected chi connectivity index (χ0v) is 18.3. The van der Waals surface area contributed by atoms with Gasteiger partial charge in [-0.1, -0.05) is 29.8 Å². The van der Waals surface area contributed by atoms with Crippen LogP contribution in [-0.4, -0.2) is 33.6 Å². The van der Waals surface area contributed by atoms with Crippen LogP contribution in [0.25, 0.3) is 0 Å². The number of benzene rings is 3. The average molecular weight is 480 g/mol. The van der Waals surface area contributed by atoms with Crippen LogP contribution in [0.4, 0.5) is 15.8 Å². The summed E-state index contributed by atoms with van der Waals surface area (Å²) in [7, 11) is 0. The highest BCUT2D eigenvalue weighted by molar-refractivity contribution is 6.31. The third kappa shape index (κ3) is 3.16. The van der Waals surface area contributed by atoms with Crippen LogP contribution in [0.5, 0.6) is 0 Å². The molecule has 2 atom stereocenters. The molecule has 1 fully saturated rings. The van der Waals surface area contributed by atoms with Gasteiger partial charge in [-0.25, -0.2) is 4.39 Å². The highest BCUT2D eigenvalue weighted by atomic mass is 35.5. The number of halogens is 2. The summed E-state index contributed by atoms with van der Waals surface area (Å²) in [6.07, 6.45) is 0. The van der Waals surface area contributed by atoms with Crippen molar-refractivity contribution in [2.45, 2.75) is 19.0 Å². The first-order valence-electron chi connectivity index (χ1n) is 10.2. The van der Waals surface area contributed by atoms with Gasteiger partial charge >= 0.3 is 0 Å². The monoisotopic (exact) mass is 479 g/mol. The van der Waals surface area contributed by atoms with Crippen LogP contribution < -0.4 is 4.90 Å². The van der Waals surface area contributed by atoms with Gasteiger partial charge in [0, 0.05) is 22.8 Å². The van der Waals surface area contributed by atoms with E-state index in [9.17, 15) is 28.9 Å². The van der Waals surface area contributed by atoms with E-state index in [0.29, 0.717) is 16.3 Å². The van der Waals surface area contributed by atoms with Crippen LogP contribution in [0.15, 0.2) is 60.7 Å². The Bertz CT molecular complexity index is 1430. The summed E-state index contributed by atoms with van der Waals surface area (Å²) >= 11 is 6.15. The first kappa shape index (κ1) is 21.7.